The maximum atomic E-state index is 5.00. The molecule has 0 saturated heterocycles. The van der Waals surface area contributed by atoms with E-state index in [0.717, 1.165) is 60.1 Å². The molecule has 4 aromatic carbocycles. The maximum absolute atomic E-state index is 5.00. The summed E-state index contributed by atoms with van der Waals surface area (Å²) in [6, 6.07) is 35.8. The molecule has 0 saturated carbocycles. The van der Waals surface area contributed by atoms with Crippen molar-refractivity contribution >= 4 is 43.4 Å². The predicted octanol–water partition coefficient (Wildman–Crippen LogP) is 8.39. The largest absolute Gasteiger partial charge is 0.256 e. The van der Waals surface area contributed by atoms with Crippen molar-refractivity contribution in [3.8, 4) is 32.8 Å². The zero-order valence-corrected chi connectivity index (χ0v) is 19.5. The molecule has 0 amide bonds. The molecule has 0 aliphatic rings. The Labute approximate surface area is 206 Å². The molecule has 0 fully saturated rings. The molecular formula is C31H19N3S. The number of aromatic nitrogens is 3. The quantitative estimate of drug-likeness (QED) is 0.263. The summed E-state index contributed by atoms with van der Waals surface area (Å²) >= 11 is 1.72. The van der Waals surface area contributed by atoms with Crippen molar-refractivity contribution in [3.05, 3.63) is 116 Å². The lowest BCUT2D eigenvalue weighted by Gasteiger charge is -2.12. The highest BCUT2D eigenvalue weighted by Crippen LogP contribution is 2.39. The molecule has 0 bridgehead atoms. The van der Waals surface area contributed by atoms with Crippen molar-refractivity contribution < 1.29 is 0 Å². The summed E-state index contributed by atoms with van der Waals surface area (Å²) in [4.78, 5) is 14.4. The number of benzene rings is 4. The topological polar surface area (TPSA) is 38.7 Å². The summed E-state index contributed by atoms with van der Waals surface area (Å²) in [6.45, 7) is 0. The van der Waals surface area contributed by atoms with Gasteiger partial charge in [0.25, 0.3) is 0 Å². The Kier molecular flexibility index (Phi) is 4.64. The highest BCUT2D eigenvalue weighted by molar-refractivity contribution is 7.21. The Morgan fingerprint density at radius 2 is 1.11 bits per heavy atom. The van der Waals surface area contributed by atoms with Gasteiger partial charge in [-0.1, -0.05) is 60.7 Å². The molecule has 3 heterocycles. The van der Waals surface area contributed by atoms with Gasteiger partial charge in [0.2, 0.25) is 0 Å². The van der Waals surface area contributed by atoms with Crippen LogP contribution >= 0.6 is 11.3 Å². The minimum atomic E-state index is 0.997. The second-order valence-corrected chi connectivity index (χ2v) is 9.61. The molecule has 0 N–H and O–H groups in total. The van der Waals surface area contributed by atoms with Crippen LogP contribution in [-0.2, 0) is 0 Å². The van der Waals surface area contributed by atoms with Crippen LogP contribution in [0.4, 0.5) is 0 Å². The molecule has 3 aromatic heterocycles. The van der Waals surface area contributed by atoms with E-state index in [2.05, 4.69) is 77.8 Å². The lowest BCUT2D eigenvalue weighted by atomic mass is 9.95. The zero-order chi connectivity index (χ0) is 23.2. The van der Waals surface area contributed by atoms with Crippen LogP contribution < -0.4 is 0 Å². The smallest absolute Gasteiger partial charge is 0.125 e. The number of nitrogens with zero attached hydrogens (tertiary/aromatic N) is 3. The number of thiazole rings is 1. The van der Waals surface area contributed by atoms with E-state index in [0.29, 0.717) is 0 Å². The van der Waals surface area contributed by atoms with Crippen molar-refractivity contribution in [3.63, 3.8) is 0 Å². The summed E-state index contributed by atoms with van der Waals surface area (Å²) in [5.74, 6) is 0. The first-order valence-electron chi connectivity index (χ1n) is 11.5. The first-order chi connectivity index (χ1) is 17.3. The average molecular weight is 466 g/mol. The zero-order valence-electron chi connectivity index (χ0n) is 18.7. The van der Waals surface area contributed by atoms with Crippen LogP contribution in [0.3, 0.4) is 0 Å². The maximum Gasteiger partial charge on any atom is 0.125 e. The van der Waals surface area contributed by atoms with Crippen LogP contribution in [0.5, 0.6) is 0 Å². The number of para-hydroxylation sites is 3. The van der Waals surface area contributed by atoms with Gasteiger partial charge in [-0.15, -0.1) is 11.3 Å². The van der Waals surface area contributed by atoms with Crippen LogP contribution in [0.15, 0.2) is 116 Å². The molecule has 35 heavy (non-hydrogen) atoms. The lowest BCUT2D eigenvalue weighted by molar-refractivity contribution is 1.39. The molecule has 3 nitrogen and oxygen atoms in total. The highest BCUT2D eigenvalue weighted by atomic mass is 32.1. The van der Waals surface area contributed by atoms with E-state index >= 15 is 0 Å². The average Bonchev–Trinajstić information content (AvgIpc) is 3.36. The fourth-order valence-electron chi connectivity index (χ4n) is 4.59. The molecule has 4 heteroatoms. The Hall–Kier alpha value is -4.41. The minimum absolute atomic E-state index is 0.997. The predicted molar refractivity (Wildman–Crippen MR) is 147 cm³/mol. The molecular weight excluding hydrogens is 446 g/mol. The number of rotatable bonds is 3. The van der Waals surface area contributed by atoms with E-state index in [4.69, 9.17) is 9.97 Å². The fourth-order valence-corrected chi connectivity index (χ4v) is 5.58. The second-order valence-electron chi connectivity index (χ2n) is 8.58. The van der Waals surface area contributed by atoms with Crippen molar-refractivity contribution in [1.82, 2.24) is 15.0 Å². The van der Waals surface area contributed by atoms with Gasteiger partial charge < -0.3 is 0 Å². The van der Waals surface area contributed by atoms with E-state index in [9.17, 15) is 0 Å². The Morgan fingerprint density at radius 1 is 0.486 bits per heavy atom. The summed E-state index contributed by atoms with van der Waals surface area (Å²) < 4.78 is 1.18. The van der Waals surface area contributed by atoms with Crippen LogP contribution in [0.25, 0.3) is 64.8 Å². The van der Waals surface area contributed by atoms with Crippen molar-refractivity contribution in [2.75, 3.05) is 0 Å². The third kappa shape index (κ3) is 3.56. The van der Waals surface area contributed by atoms with Crippen LogP contribution in [0.1, 0.15) is 0 Å². The number of hydrogen-bond acceptors (Lipinski definition) is 4. The van der Waals surface area contributed by atoms with Gasteiger partial charge in [0.05, 0.1) is 21.3 Å². The third-order valence-electron chi connectivity index (χ3n) is 6.37. The summed E-state index contributed by atoms with van der Waals surface area (Å²) in [7, 11) is 0. The second kappa shape index (κ2) is 8.12. The lowest BCUT2D eigenvalue weighted by Crippen LogP contribution is -1.90. The summed E-state index contributed by atoms with van der Waals surface area (Å²) in [5, 5.41) is 3.27. The fraction of sp³-hybridized carbons (Fsp3) is 0. The molecule has 0 spiro atoms. The van der Waals surface area contributed by atoms with E-state index in [-0.39, 0.29) is 0 Å². The Bertz CT molecular complexity index is 1840. The first-order valence-corrected chi connectivity index (χ1v) is 12.3. The number of pyridine rings is 2. The monoisotopic (exact) mass is 465 g/mol. The standard InChI is InChI=1S/C31H19N3S/c1-3-9-27-21(7-1)15-23(18-32-27)20-13-14-25(24-16-22-8-2-4-10-28(22)33-19-24)26(17-20)31-34-29-11-5-6-12-30(29)35-31/h1-19H. The van der Waals surface area contributed by atoms with E-state index in [1.807, 2.05) is 42.7 Å². The van der Waals surface area contributed by atoms with Gasteiger partial charge in [0.1, 0.15) is 5.01 Å². The van der Waals surface area contributed by atoms with Gasteiger partial charge in [-0.2, -0.15) is 0 Å². The first kappa shape index (κ1) is 20.0. The van der Waals surface area contributed by atoms with Gasteiger partial charge in [-0.05, 0) is 53.6 Å². The molecule has 0 aliphatic heterocycles. The van der Waals surface area contributed by atoms with Gasteiger partial charge in [0, 0.05) is 39.9 Å². The normalized spacial score (nSPS) is 11.4. The Morgan fingerprint density at radius 3 is 1.86 bits per heavy atom. The molecule has 7 rings (SSSR count). The van der Waals surface area contributed by atoms with E-state index in [1.165, 1.54) is 4.70 Å². The number of fused-ring (bicyclic) bond motifs is 3. The SMILES string of the molecule is c1ccc2ncc(-c3ccc(-c4cnc5ccccc5c4)c(-c4nc5ccccc5s4)c3)cc2c1. The van der Waals surface area contributed by atoms with E-state index < -0.39 is 0 Å². The van der Waals surface area contributed by atoms with Crippen molar-refractivity contribution in [1.29, 1.82) is 0 Å². The van der Waals surface area contributed by atoms with Crippen LogP contribution in [0.2, 0.25) is 0 Å². The number of hydrogen-bond donors (Lipinski definition) is 0. The summed E-state index contributed by atoms with van der Waals surface area (Å²) in [6.07, 6.45) is 3.92. The molecule has 164 valence electrons. The van der Waals surface area contributed by atoms with Gasteiger partial charge in [-0.25, -0.2) is 4.98 Å². The molecule has 0 radical (unpaired) electrons. The Balaban J connectivity index is 1.45. The van der Waals surface area contributed by atoms with Gasteiger partial charge >= 0.3 is 0 Å². The van der Waals surface area contributed by atoms with Crippen LogP contribution in [-0.4, -0.2) is 15.0 Å². The highest BCUT2D eigenvalue weighted by Gasteiger charge is 2.15. The minimum Gasteiger partial charge on any atom is -0.256 e. The van der Waals surface area contributed by atoms with Gasteiger partial charge in [0.15, 0.2) is 0 Å². The summed E-state index contributed by atoms with van der Waals surface area (Å²) in [5.41, 5.74) is 8.55. The van der Waals surface area contributed by atoms with Crippen LogP contribution in [0, 0.1) is 0 Å². The van der Waals surface area contributed by atoms with E-state index in [1.54, 1.807) is 11.3 Å². The third-order valence-corrected chi connectivity index (χ3v) is 7.44. The molecule has 0 atom stereocenters. The molecule has 7 aromatic rings. The molecule has 0 unspecified atom stereocenters. The van der Waals surface area contributed by atoms with Crippen molar-refractivity contribution in [2.24, 2.45) is 0 Å². The molecule has 0 aliphatic carbocycles. The van der Waals surface area contributed by atoms with Crippen molar-refractivity contribution in [2.45, 2.75) is 0 Å². The van der Waals surface area contributed by atoms with Gasteiger partial charge in [-0.3, -0.25) is 9.97 Å².